The van der Waals surface area contributed by atoms with Crippen LogP contribution in [0.5, 0.6) is 0 Å². The van der Waals surface area contributed by atoms with Crippen LogP contribution >= 0.6 is 0 Å². The van der Waals surface area contributed by atoms with Crippen molar-refractivity contribution in [3.05, 3.63) is 35.4 Å². The Morgan fingerprint density at radius 3 is 2.00 bits per heavy atom. The van der Waals surface area contributed by atoms with Crippen molar-refractivity contribution in [1.29, 1.82) is 0 Å². The molecule has 2 nitrogen and oxygen atoms in total. The second kappa shape index (κ2) is 5.84. The van der Waals surface area contributed by atoms with Crippen molar-refractivity contribution in [3.8, 4) is 0 Å². The van der Waals surface area contributed by atoms with Crippen molar-refractivity contribution in [3.63, 3.8) is 0 Å². The minimum Gasteiger partial charge on any atom is -0.316 e. The van der Waals surface area contributed by atoms with Gasteiger partial charge in [-0.25, -0.2) is 0 Å². The lowest BCUT2D eigenvalue weighted by Gasteiger charge is -2.30. The number of benzene rings is 1. The molecule has 1 aliphatic rings. The fourth-order valence-corrected chi connectivity index (χ4v) is 2.06. The van der Waals surface area contributed by atoms with Crippen molar-refractivity contribution in [2.75, 3.05) is 19.6 Å². The highest BCUT2D eigenvalue weighted by atomic mass is 19.4. The van der Waals surface area contributed by atoms with Crippen molar-refractivity contribution in [2.45, 2.75) is 18.4 Å². The Balaban J connectivity index is 2.12. The first-order chi connectivity index (χ1) is 9.68. The molecule has 2 rings (SSSR count). The summed E-state index contributed by atoms with van der Waals surface area (Å²) >= 11 is 0. The van der Waals surface area contributed by atoms with Gasteiger partial charge in [-0.05, 0) is 23.6 Å². The van der Waals surface area contributed by atoms with E-state index in [1.54, 1.807) is 0 Å². The van der Waals surface area contributed by atoms with Crippen LogP contribution in [0.2, 0.25) is 0 Å². The van der Waals surface area contributed by atoms with Crippen LogP contribution in [0.1, 0.15) is 17.2 Å². The summed E-state index contributed by atoms with van der Waals surface area (Å²) in [6, 6.07) is 1.11. The number of hydrogen-bond donors (Lipinski definition) is 2. The lowest BCUT2D eigenvalue weighted by atomic mass is 10.0. The largest absolute Gasteiger partial charge is 0.416 e. The van der Waals surface area contributed by atoms with E-state index in [2.05, 4.69) is 10.6 Å². The predicted molar refractivity (Wildman–Crippen MR) is 64.6 cm³/mol. The van der Waals surface area contributed by atoms with Crippen LogP contribution in [-0.2, 0) is 6.18 Å². The molecule has 0 amide bonds. The molecular formula is C13H14F6N2. The van der Waals surface area contributed by atoms with E-state index >= 15 is 0 Å². The van der Waals surface area contributed by atoms with Crippen LogP contribution < -0.4 is 10.6 Å². The molecule has 0 bridgehead atoms. The van der Waals surface area contributed by atoms with Crippen molar-refractivity contribution < 1.29 is 26.3 Å². The van der Waals surface area contributed by atoms with Gasteiger partial charge in [0.05, 0.1) is 5.56 Å². The highest BCUT2D eigenvalue weighted by Crippen LogP contribution is 2.35. The van der Waals surface area contributed by atoms with Gasteiger partial charge in [-0.2, -0.15) is 26.3 Å². The van der Waals surface area contributed by atoms with Crippen LogP contribution in [0.4, 0.5) is 26.3 Å². The van der Waals surface area contributed by atoms with Gasteiger partial charge in [0.15, 0.2) is 0 Å². The van der Waals surface area contributed by atoms with E-state index in [1.807, 2.05) is 0 Å². The maximum atomic E-state index is 13.0. The Morgan fingerprint density at radius 1 is 1.05 bits per heavy atom. The third-order valence-electron chi connectivity index (χ3n) is 3.38. The predicted octanol–water partition coefficient (Wildman–Crippen LogP) is 3.12. The van der Waals surface area contributed by atoms with Crippen molar-refractivity contribution in [1.82, 2.24) is 10.6 Å². The molecule has 0 radical (unpaired) electrons. The summed E-state index contributed by atoms with van der Waals surface area (Å²) in [5.74, 6) is 0.115. The summed E-state index contributed by atoms with van der Waals surface area (Å²) in [7, 11) is 0. The van der Waals surface area contributed by atoms with E-state index in [-0.39, 0.29) is 18.0 Å². The molecule has 1 unspecified atom stereocenters. The third-order valence-corrected chi connectivity index (χ3v) is 3.38. The van der Waals surface area contributed by atoms with Gasteiger partial charge >= 0.3 is 12.4 Å². The van der Waals surface area contributed by atoms with Gasteiger partial charge < -0.3 is 10.6 Å². The van der Waals surface area contributed by atoms with Gasteiger partial charge in [0.25, 0.3) is 0 Å². The highest BCUT2D eigenvalue weighted by Gasteiger charge is 2.41. The van der Waals surface area contributed by atoms with Crippen LogP contribution in [0, 0.1) is 5.92 Å². The first kappa shape index (κ1) is 16.1. The van der Waals surface area contributed by atoms with Gasteiger partial charge in [0.1, 0.15) is 6.04 Å². The fraction of sp³-hybridized carbons (Fsp3) is 0.538. The second-order valence-electron chi connectivity index (χ2n) is 5.03. The molecular weight excluding hydrogens is 298 g/mol. The van der Waals surface area contributed by atoms with Crippen molar-refractivity contribution >= 4 is 0 Å². The zero-order chi connectivity index (χ0) is 15.7. The monoisotopic (exact) mass is 312 g/mol. The zero-order valence-corrected chi connectivity index (χ0v) is 10.9. The fourth-order valence-electron chi connectivity index (χ4n) is 2.06. The van der Waals surface area contributed by atoms with E-state index in [0.29, 0.717) is 25.2 Å². The molecule has 1 fully saturated rings. The van der Waals surface area contributed by atoms with Crippen LogP contribution in [0.3, 0.4) is 0 Å². The Morgan fingerprint density at radius 2 is 1.62 bits per heavy atom. The molecule has 1 saturated heterocycles. The van der Waals surface area contributed by atoms with Gasteiger partial charge in [-0.1, -0.05) is 12.1 Å². The average molecular weight is 312 g/mol. The van der Waals surface area contributed by atoms with Crippen LogP contribution in [0.25, 0.3) is 0 Å². The minimum absolute atomic E-state index is 0.115. The quantitative estimate of drug-likeness (QED) is 0.835. The number of alkyl halides is 6. The molecule has 0 aromatic heterocycles. The molecule has 0 aliphatic carbocycles. The Hall–Kier alpha value is -1.28. The van der Waals surface area contributed by atoms with E-state index in [1.165, 1.54) is 0 Å². The lowest BCUT2D eigenvalue weighted by molar-refractivity contribution is -0.158. The number of rotatable bonds is 4. The number of nitrogens with one attached hydrogen (secondary N) is 2. The summed E-state index contributed by atoms with van der Waals surface area (Å²) in [5, 5.41) is 5.33. The van der Waals surface area contributed by atoms with Crippen LogP contribution in [-0.4, -0.2) is 25.8 Å². The minimum atomic E-state index is -4.56. The molecule has 2 N–H and O–H groups in total. The molecule has 1 aliphatic heterocycles. The summed E-state index contributed by atoms with van der Waals surface area (Å²) in [6.07, 6.45) is -9.12. The van der Waals surface area contributed by atoms with E-state index in [9.17, 15) is 26.3 Å². The molecule has 1 atom stereocenters. The average Bonchev–Trinajstić information content (AvgIpc) is 2.30. The van der Waals surface area contributed by atoms with E-state index < -0.39 is 24.0 Å². The topological polar surface area (TPSA) is 24.1 Å². The highest BCUT2D eigenvalue weighted by molar-refractivity contribution is 5.27. The number of hydrogen-bond acceptors (Lipinski definition) is 2. The first-order valence-corrected chi connectivity index (χ1v) is 6.36. The molecule has 0 spiro atoms. The zero-order valence-electron chi connectivity index (χ0n) is 10.9. The summed E-state index contributed by atoms with van der Waals surface area (Å²) < 4.78 is 76.3. The maximum absolute atomic E-state index is 13.0. The molecule has 8 heteroatoms. The molecule has 1 heterocycles. The maximum Gasteiger partial charge on any atom is 0.416 e. The van der Waals surface area contributed by atoms with Gasteiger partial charge in [0.2, 0.25) is 0 Å². The van der Waals surface area contributed by atoms with Crippen LogP contribution in [0.15, 0.2) is 24.3 Å². The lowest BCUT2D eigenvalue weighted by Crippen LogP contribution is -2.49. The Bertz CT molecular complexity index is 461. The molecule has 1 aromatic carbocycles. The number of halogens is 6. The van der Waals surface area contributed by atoms with E-state index in [4.69, 9.17) is 0 Å². The third kappa shape index (κ3) is 4.10. The Labute approximate surface area is 117 Å². The van der Waals surface area contributed by atoms with E-state index in [0.717, 1.165) is 12.1 Å². The molecule has 118 valence electrons. The molecule has 21 heavy (non-hydrogen) atoms. The SMILES string of the molecule is FC(F)(F)c1ccc(C(NCC2CNC2)C(F)(F)F)cc1. The van der Waals surface area contributed by atoms with Gasteiger partial charge in [-0.15, -0.1) is 0 Å². The Kier molecular flexibility index (Phi) is 4.48. The smallest absolute Gasteiger partial charge is 0.316 e. The van der Waals surface area contributed by atoms with Gasteiger partial charge in [0, 0.05) is 19.6 Å². The molecule has 1 aromatic rings. The first-order valence-electron chi connectivity index (χ1n) is 6.36. The molecule has 0 saturated carbocycles. The van der Waals surface area contributed by atoms with Gasteiger partial charge in [-0.3, -0.25) is 0 Å². The standard InChI is InChI=1S/C13H14F6N2/c14-12(15,16)10-3-1-9(2-4-10)11(13(17,18)19)21-7-8-5-20-6-8/h1-4,8,11,20-21H,5-7H2. The summed E-state index contributed by atoms with van der Waals surface area (Å²) in [5.41, 5.74) is -1.18. The summed E-state index contributed by atoms with van der Waals surface area (Å²) in [4.78, 5) is 0. The second-order valence-corrected chi connectivity index (χ2v) is 5.03. The van der Waals surface area contributed by atoms with Crippen molar-refractivity contribution in [2.24, 2.45) is 5.92 Å². The summed E-state index contributed by atoms with van der Waals surface area (Å²) in [6.45, 7) is 1.45. The normalized spacial score (nSPS) is 18.4.